The standard InChI is InChI=1S/C10H8N2S2/c1-7-8(2)10(14-6-12)4-3-9(7)13-5-11/h3-4H,1-2H3. The van der Waals surface area contributed by atoms with Gasteiger partial charge >= 0.3 is 0 Å². The summed E-state index contributed by atoms with van der Waals surface area (Å²) in [5, 5.41) is 21.2. The van der Waals surface area contributed by atoms with Gasteiger partial charge in [-0.2, -0.15) is 10.5 Å². The summed E-state index contributed by atoms with van der Waals surface area (Å²) in [6.45, 7) is 3.94. The Morgan fingerprint density at radius 2 is 1.29 bits per heavy atom. The minimum absolute atomic E-state index is 0.965. The summed E-state index contributed by atoms with van der Waals surface area (Å²) < 4.78 is 0. The predicted molar refractivity (Wildman–Crippen MR) is 58.9 cm³/mol. The highest BCUT2D eigenvalue weighted by molar-refractivity contribution is 8.04. The summed E-state index contributed by atoms with van der Waals surface area (Å²) >= 11 is 2.31. The molecule has 0 heterocycles. The van der Waals surface area contributed by atoms with Crippen LogP contribution in [0.1, 0.15) is 11.1 Å². The summed E-state index contributed by atoms with van der Waals surface area (Å²) in [5.74, 6) is 0. The topological polar surface area (TPSA) is 47.6 Å². The third-order valence-electron chi connectivity index (χ3n) is 2.00. The van der Waals surface area contributed by atoms with E-state index in [0.29, 0.717) is 0 Å². The number of nitriles is 2. The Kier molecular flexibility index (Phi) is 3.88. The van der Waals surface area contributed by atoms with E-state index in [2.05, 4.69) is 0 Å². The molecule has 0 aliphatic heterocycles. The molecule has 0 saturated heterocycles. The smallest absolute Gasteiger partial charge is 0.138 e. The first-order chi connectivity index (χ1) is 6.70. The minimum Gasteiger partial charge on any atom is -0.185 e. The van der Waals surface area contributed by atoms with E-state index in [-0.39, 0.29) is 0 Å². The highest BCUT2D eigenvalue weighted by Crippen LogP contribution is 2.30. The van der Waals surface area contributed by atoms with Crippen molar-refractivity contribution in [1.82, 2.24) is 0 Å². The van der Waals surface area contributed by atoms with Crippen LogP contribution < -0.4 is 0 Å². The second-order valence-electron chi connectivity index (χ2n) is 2.70. The molecular formula is C10H8N2S2. The Morgan fingerprint density at radius 1 is 0.929 bits per heavy atom. The minimum atomic E-state index is 0.965. The number of hydrogen-bond donors (Lipinski definition) is 0. The van der Waals surface area contributed by atoms with Crippen molar-refractivity contribution in [3.05, 3.63) is 23.3 Å². The van der Waals surface area contributed by atoms with Crippen LogP contribution in [-0.2, 0) is 0 Å². The van der Waals surface area contributed by atoms with Crippen molar-refractivity contribution in [2.45, 2.75) is 23.6 Å². The lowest BCUT2D eigenvalue weighted by molar-refractivity contribution is 1.16. The maximum Gasteiger partial charge on any atom is 0.138 e. The van der Waals surface area contributed by atoms with Gasteiger partial charge in [-0.25, -0.2) is 0 Å². The summed E-state index contributed by atoms with van der Waals surface area (Å²) in [6.07, 6.45) is 0. The number of thioether (sulfide) groups is 2. The molecule has 0 saturated carbocycles. The average molecular weight is 220 g/mol. The van der Waals surface area contributed by atoms with Gasteiger partial charge in [0.2, 0.25) is 0 Å². The highest BCUT2D eigenvalue weighted by Gasteiger charge is 2.06. The first kappa shape index (κ1) is 11.0. The molecule has 2 nitrogen and oxygen atoms in total. The van der Waals surface area contributed by atoms with Crippen LogP contribution in [-0.4, -0.2) is 0 Å². The Labute approximate surface area is 91.9 Å². The van der Waals surface area contributed by atoms with Crippen LogP contribution in [0.5, 0.6) is 0 Å². The zero-order chi connectivity index (χ0) is 10.6. The molecule has 4 heteroatoms. The fourth-order valence-corrected chi connectivity index (χ4v) is 2.17. The molecule has 70 valence electrons. The third-order valence-corrected chi connectivity index (χ3v) is 3.51. The lowest BCUT2D eigenvalue weighted by Gasteiger charge is -2.07. The van der Waals surface area contributed by atoms with E-state index in [9.17, 15) is 0 Å². The van der Waals surface area contributed by atoms with Crippen molar-refractivity contribution in [3.8, 4) is 10.8 Å². The van der Waals surface area contributed by atoms with Gasteiger partial charge in [0.1, 0.15) is 10.8 Å². The Hall–Kier alpha value is -1.10. The second-order valence-corrected chi connectivity index (χ2v) is 4.35. The lowest BCUT2D eigenvalue weighted by atomic mass is 10.1. The molecule has 0 unspecified atom stereocenters. The van der Waals surface area contributed by atoms with Crippen molar-refractivity contribution >= 4 is 23.5 Å². The van der Waals surface area contributed by atoms with E-state index in [1.165, 1.54) is 0 Å². The molecule has 0 spiro atoms. The van der Waals surface area contributed by atoms with Gasteiger partial charge in [0.05, 0.1) is 0 Å². The molecular weight excluding hydrogens is 212 g/mol. The number of rotatable bonds is 2. The number of thiocyanates is 2. The first-order valence-corrected chi connectivity index (χ1v) is 5.56. The molecule has 1 aromatic carbocycles. The first-order valence-electron chi connectivity index (χ1n) is 3.92. The fourth-order valence-electron chi connectivity index (χ4n) is 1.09. The molecule has 0 atom stereocenters. The van der Waals surface area contributed by atoms with Crippen LogP contribution in [0.2, 0.25) is 0 Å². The van der Waals surface area contributed by atoms with Gasteiger partial charge in [-0.1, -0.05) is 0 Å². The van der Waals surface area contributed by atoms with Gasteiger partial charge < -0.3 is 0 Å². The SMILES string of the molecule is Cc1c(SC#N)ccc(SC#N)c1C. The molecule has 0 bridgehead atoms. The van der Waals surface area contributed by atoms with Crippen LogP contribution in [0.15, 0.2) is 21.9 Å². The normalized spacial score (nSPS) is 9.14. The van der Waals surface area contributed by atoms with E-state index < -0.39 is 0 Å². The molecule has 0 N–H and O–H groups in total. The fraction of sp³-hybridized carbons (Fsp3) is 0.200. The zero-order valence-corrected chi connectivity index (χ0v) is 9.50. The van der Waals surface area contributed by atoms with Gasteiger partial charge in [0.25, 0.3) is 0 Å². The Bertz CT molecular complexity index is 386. The molecule has 1 rings (SSSR count). The van der Waals surface area contributed by atoms with Gasteiger partial charge in [-0.05, 0) is 60.6 Å². The molecule has 0 amide bonds. The second kappa shape index (κ2) is 4.95. The van der Waals surface area contributed by atoms with Crippen molar-refractivity contribution in [2.24, 2.45) is 0 Å². The van der Waals surface area contributed by atoms with Crippen LogP contribution in [0, 0.1) is 35.2 Å². The van der Waals surface area contributed by atoms with Crippen LogP contribution in [0.25, 0.3) is 0 Å². The summed E-state index contributed by atoms with van der Waals surface area (Å²) in [7, 11) is 0. The van der Waals surface area contributed by atoms with Crippen LogP contribution in [0.4, 0.5) is 0 Å². The molecule has 0 aliphatic carbocycles. The molecule has 0 fully saturated rings. The van der Waals surface area contributed by atoms with Crippen molar-refractivity contribution in [1.29, 1.82) is 10.5 Å². The van der Waals surface area contributed by atoms with Crippen LogP contribution in [0.3, 0.4) is 0 Å². The zero-order valence-electron chi connectivity index (χ0n) is 7.87. The lowest BCUT2D eigenvalue weighted by Crippen LogP contribution is -1.87. The molecule has 0 aromatic heterocycles. The Balaban J connectivity index is 3.15. The molecule has 0 radical (unpaired) electrons. The highest BCUT2D eigenvalue weighted by atomic mass is 32.2. The van der Waals surface area contributed by atoms with Crippen molar-refractivity contribution in [3.63, 3.8) is 0 Å². The van der Waals surface area contributed by atoms with Crippen molar-refractivity contribution < 1.29 is 0 Å². The monoisotopic (exact) mass is 220 g/mol. The number of benzene rings is 1. The van der Waals surface area contributed by atoms with Crippen molar-refractivity contribution in [2.75, 3.05) is 0 Å². The average Bonchev–Trinajstić information content (AvgIpc) is 2.18. The predicted octanol–water partition coefficient (Wildman–Crippen LogP) is 3.45. The summed E-state index contributed by atoms with van der Waals surface area (Å²) in [5.41, 5.74) is 2.16. The van der Waals surface area contributed by atoms with Gasteiger partial charge in [-0.3, -0.25) is 0 Å². The van der Waals surface area contributed by atoms with Gasteiger partial charge in [0, 0.05) is 9.79 Å². The molecule has 0 aliphatic rings. The summed E-state index contributed by atoms with van der Waals surface area (Å²) in [4.78, 5) is 1.93. The van der Waals surface area contributed by atoms with E-state index in [1.807, 2.05) is 36.8 Å². The largest absolute Gasteiger partial charge is 0.185 e. The number of hydrogen-bond acceptors (Lipinski definition) is 4. The van der Waals surface area contributed by atoms with E-state index in [1.54, 1.807) is 0 Å². The van der Waals surface area contributed by atoms with Gasteiger partial charge in [-0.15, -0.1) is 0 Å². The summed E-state index contributed by atoms with van der Waals surface area (Å²) in [6, 6.07) is 3.77. The van der Waals surface area contributed by atoms with E-state index >= 15 is 0 Å². The maximum atomic E-state index is 8.56. The van der Waals surface area contributed by atoms with E-state index in [4.69, 9.17) is 10.5 Å². The molecule has 1 aromatic rings. The van der Waals surface area contributed by atoms with Gasteiger partial charge in [0.15, 0.2) is 0 Å². The van der Waals surface area contributed by atoms with E-state index in [0.717, 1.165) is 44.4 Å². The molecule has 14 heavy (non-hydrogen) atoms. The van der Waals surface area contributed by atoms with Crippen LogP contribution >= 0.6 is 23.5 Å². The maximum absolute atomic E-state index is 8.56. The quantitative estimate of drug-likeness (QED) is 0.565. The number of nitrogens with zero attached hydrogens (tertiary/aromatic N) is 2. The third kappa shape index (κ3) is 2.23. The Morgan fingerprint density at radius 3 is 1.57 bits per heavy atom.